The number of hydrogen-bond donors (Lipinski definition) is 5. The zero-order chi connectivity index (χ0) is 52.9. The number of nitrogens with zero attached hydrogens (tertiary/aromatic N) is 7. The second kappa shape index (κ2) is 25.5. The molecule has 17 heteroatoms. The van der Waals surface area contributed by atoms with Crippen molar-refractivity contribution in [3.8, 4) is 21.7 Å². The largest absolute Gasteiger partial charge is 0.391 e. The molecule has 5 heterocycles. The summed E-state index contributed by atoms with van der Waals surface area (Å²) in [5.74, 6) is 0.00875. The van der Waals surface area contributed by atoms with Gasteiger partial charge in [0.15, 0.2) is 0 Å². The number of pyridine rings is 1. The van der Waals surface area contributed by atoms with Gasteiger partial charge in [0.05, 0.1) is 33.9 Å². The Morgan fingerprint density at radius 3 is 2.29 bits per heavy atom. The highest BCUT2D eigenvalue weighted by Crippen LogP contribution is 2.30. The van der Waals surface area contributed by atoms with E-state index in [1.54, 1.807) is 34.8 Å². The zero-order valence-corrected chi connectivity index (χ0v) is 44.7. The Morgan fingerprint density at radius 1 is 0.827 bits per heavy atom. The summed E-state index contributed by atoms with van der Waals surface area (Å²) in [6.07, 6.45) is 9.81. The fraction of sp³-hybridized carbons (Fsp3) is 0.414. The number of nitrogens with one attached hydrogen (secondary N) is 4. The van der Waals surface area contributed by atoms with Crippen molar-refractivity contribution in [2.75, 3.05) is 49.9 Å². The molecule has 0 saturated carbocycles. The summed E-state index contributed by atoms with van der Waals surface area (Å²) < 4.78 is 0. The molecular weight excluding hydrogens is 963 g/mol. The molecule has 0 bridgehead atoms. The molecule has 3 aromatic heterocycles. The van der Waals surface area contributed by atoms with Crippen LogP contribution in [0.25, 0.3) is 21.7 Å². The number of unbranched alkanes of at least 4 members (excludes halogenated alkanes) is 4. The lowest BCUT2D eigenvalue weighted by Crippen LogP contribution is -2.56. The third kappa shape index (κ3) is 14.9. The maximum Gasteiger partial charge on any atom is 0.255 e. The Morgan fingerprint density at radius 2 is 1.57 bits per heavy atom. The van der Waals surface area contributed by atoms with Crippen LogP contribution < -0.4 is 21.3 Å². The number of aliphatic hydroxyl groups excluding tert-OH is 1. The minimum absolute atomic E-state index is 0.125. The number of amides is 4. The Bertz CT molecular complexity index is 2870. The van der Waals surface area contributed by atoms with Crippen LogP contribution in [0.5, 0.6) is 0 Å². The van der Waals surface area contributed by atoms with E-state index in [9.17, 15) is 24.3 Å². The van der Waals surface area contributed by atoms with Crippen LogP contribution in [0.15, 0.2) is 109 Å². The average molecular weight is 1030 g/mol. The lowest BCUT2D eigenvalue weighted by molar-refractivity contribution is -0.142. The number of aromatic nitrogens is 4. The molecule has 2 aliphatic heterocycles. The van der Waals surface area contributed by atoms with Crippen molar-refractivity contribution in [1.29, 1.82) is 0 Å². The number of carbonyl (C=O) groups excluding carboxylic acids is 4. The molecule has 8 rings (SSSR count). The average Bonchev–Trinajstić information content (AvgIpc) is 4.03. The van der Waals surface area contributed by atoms with Gasteiger partial charge >= 0.3 is 0 Å². The number of aliphatic hydroxyl groups is 1. The number of likely N-dealkylation sites (tertiary alicyclic amines) is 1. The molecule has 3 atom stereocenters. The Labute approximate surface area is 444 Å². The third-order valence-corrected chi connectivity index (χ3v) is 15.0. The highest BCUT2D eigenvalue weighted by molar-refractivity contribution is 7.13. The lowest BCUT2D eigenvalue weighted by atomic mass is 9.85. The van der Waals surface area contributed by atoms with Crippen molar-refractivity contribution >= 4 is 52.3 Å². The number of rotatable bonds is 21. The summed E-state index contributed by atoms with van der Waals surface area (Å²) in [5, 5.41) is 23.4. The quantitative estimate of drug-likeness (QED) is 0.0432. The molecule has 4 amide bonds. The first-order chi connectivity index (χ1) is 36.2. The van der Waals surface area contributed by atoms with E-state index in [2.05, 4.69) is 46.1 Å². The van der Waals surface area contributed by atoms with Crippen LogP contribution in [0.3, 0.4) is 0 Å². The van der Waals surface area contributed by atoms with Gasteiger partial charge in [-0.1, -0.05) is 82.5 Å². The van der Waals surface area contributed by atoms with Crippen molar-refractivity contribution < 1.29 is 24.3 Å². The van der Waals surface area contributed by atoms with E-state index < -0.39 is 23.6 Å². The van der Waals surface area contributed by atoms with Crippen LogP contribution in [0, 0.1) is 19.3 Å². The van der Waals surface area contributed by atoms with Gasteiger partial charge < -0.3 is 36.2 Å². The molecule has 2 aliphatic rings. The molecule has 0 spiro atoms. The van der Waals surface area contributed by atoms with E-state index >= 15 is 0 Å². The number of thiazole rings is 1. The van der Waals surface area contributed by atoms with Crippen molar-refractivity contribution in [3.05, 3.63) is 137 Å². The predicted octanol–water partition coefficient (Wildman–Crippen LogP) is 8.54. The first-order valence-electron chi connectivity index (χ1n) is 26.2. The second-order valence-corrected chi connectivity index (χ2v) is 21.7. The maximum absolute atomic E-state index is 14.1. The van der Waals surface area contributed by atoms with Crippen LogP contribution in [0.2, 0.25) is 0 Å². The van der Waals surface area contributed by atoms with E-state index in [0.717, 1.165) is 102 Å². The number of anilines is 3. The van der Waals surface area contributed by atoms with Crippen molar-refractivity contribution in [2.45, 2.75) is 111 Å². The minimum atomic E-state index is -0.764. The van der Waals surface area contributed by atoms with Crippen LogP contribution in [-0.4, -0.2) is 121 Å². The standard InChI is InChI=1S/C58H71N11O5S/c1-39-14-23-46(32-49(39)66-57-61-27-24-48(65-57)45-12-11-25-59-35-45)64-54(72)44-21-17-42(18-22-44)36-67-28-30-68(31-29-67)51(71)13-9-7-6-8-10-26-60-53(58(3,4)5)56(74)69-37-47(70)33-50(69)55(73)62-34-41-15-19-43(20-16-41)52-40(2)63-38-75-52/h11-12,14-25,27,32,35,38,47,50,53,60,70H,6-10,13,26,28-31,33-34,36-37H2,1-5H3,(H,62,73)(H,64,72)(H,61,65,66). The van der Waals surface area contributed by atoms with E-state index in [1.165, 1.54) is 0 Å². The molecule has 0 aliphatic carbocycles. The molecule has 2 saturated heterocycles. The van der Waals surface area contributed by atoms with Gasteiger partial charge in [0, 0.05) is 99.7 Å². The van der Waals surface area contributed by atoms with Gasteiger partial charge in [0.1, 0.15) is 6.04 Å². The molecule has 5 N–H and O–H groups in total. The highest BCUT2D eigenvalue weighted by atomic mass is 32.1. The summed E-state index contributed by atoms with van der Waals surface area (Å²) in [6.45, 7) is 14.8. The number of aryl methyl sites for hydroxylation is 2. The van der Waals surface area contributed by atoms with E-state index in [1.807, 2.05) is 130 Å². The zero-order valence-electron chi connectivity index (χ0n) is 43.8. The number of hydrogen-bond acceptors (Lipinski definition) is 13. The van der Waals surface area contributed by atoms with Crippen LogP contribution in [0.1, 0.15) is 98.5 Å². The first-order valence-corrected chi connectivity index (χ1v) is 27.1. The summed E-state index contributed by atoms with van der Waals surface area (Å²) in [5.41, 5.74) is 10.2. The molecular formula is C58H71N11O5S. The molecule has 3 aromatic carbocycles. The normalized spacial score (nSPS) is 16.4. The summed E-state index contributed by atoms with van der Waals surface area (Å²) in [4.78, 5) is 78.6. The monoisotopic (exact) mass is 1030 g/mol. The molecule has 394 valence electrons. The van der Waals surface area contributed by atoms with E-state index in [4.69, 9.17) is 0 Å². The molecule has 16 nitrogen and oxygen atoms in total. The van der Waals surface area contributed by atoms with Crippen LogP contribution in [0.4, 0.5) is 17.3 Å². The maximum atomic E-state index is 14.1. The molecule has 6 aromatic rings. The van der Waals surface area contributed by atoms with Gasteiger partial charge in [-0.05, 0) is 103 Å². The van der Waals surface area contributed by atoms with Gasteiger partial charge in [-0.3, -0.25) is 29.1 Å². The van der Waals surface area contributed by atoms with Crippen molar-refractivity contribution in [1.82, 2.24) is 45.3 Å². The van der Waals surface area contributed by atoms with Gasteiger partial charge in [-0.2, -0.15) is 0 Å². The van der Waals surface area contributed by atoms with Crippen LogP contribution >= 0.6 is 11.3 Å². The van der Waals surface area contributed by atoms with Gasteiger partial charge in [-0.25, -0.2) is 15.0 Å². The Balaban J connectivity index is 0.699. The van der Waals surface area contributed by atoms with E-state index in [0.29, 0.717) is 49.8 Å². The smallest absolute Gasteiger partial charge is 0.255 e. The summed E-state index contributed by atoms with van der Waals surface area (Å²) >= 11 is 1.60. The Hall–Kier alpha value is -6.92. The summed E-state index contributed by atoms with van der Waals surface area (Å²) in [7, 11) is 0. The predicted molar refractivity (Wildman–Crippen MR) is 295 cm³/mol. The number of carbonyl (C=O) groups is 4. The van der Waals surface area contributed by atoms with Gasteiger partial charge in [-0.15, -0.1) is 11.3 Å². The fourth-order valence-electron chi connectivity index (χ4n) is 9.66. The molecule has 75 heavy (non-hydrogen) atoms. The Kier molecular flexibility index (Phi) is 18.5. The first kappa shape index (κ1) is 54.3. The van der Waals surface area contributed by atoms with Gasteiger partial charge in [0.25, 0.3) is 5.91 Å². The number of β-amino-alcohol motifs (C(OH)–C–C–N with tert-alkyl or cyclic N) is 1. The molecule has 0 radical (unpaired) electrons. The second-order valence-electron chi connectivity index (χ2n) is 20.8. The number of piperazine rings is 1. The van der Waals surface area contributed by atoms with Crippen molar-refractivity contribution in [2.24, 2.45) is 5.41 Å². The van der Waals surface area contributed by atoms with E-state index in [-0.39, 0.29) is 36.6 Å². The number of benzene rings is 3. The topological polar surface area (TPSA) is 198 Å². The van der Waals surface area contributed by atoms with Crippen molar-refractivity contribution in [3.63, 3.8) is 0 Å². The van der Waals surface area contributed by atoms with Crippen LogP contribution in [-0.2, 0) is 27.5 Å². The molecule has 2 fully saturated rings. The lowest BCUT2D eigenvalue weighted by Gasteiger charge is -2.35. The fourth-order valence-corrected chi connectivity index (χ4v) is 10.5. The SMILES string of the molecule is Cc1ccc(NC(=O)c2ccc(CN3CCN(C(=O)CCCCCCCNC(C(=O)N4CC(O)CC4C(=O)NCc4ccc(-c5scnc5C)cc4)C(C)(C)C)CC3)cc2)cc1Nc1nccc(-c2cccnc2)n1. The molecule has 3 unspecified atom stereocenters. The summed E-state index contributed by atoms with van der Waals surface area (Å²) in [6, 6.07) is 25.8. The highest BCUT2D eigenvalue weighted by Gasteiger charge is 2.43. The third-order valence-electron chi connectivity index (χ3n) is 14.0. The minimum Gasteiger partial charge on any atom is -0.391 e. The van der Waals surface area contributed by atoms with Gasteiger partial charge in [0.2, 0.25) is 23.7 Å².